The standard InChI is InChI=1S/C14H12Br2O2/c1-9(17)11-4-2-3-5-13(11)18-14-7-6-10(15)8-12(14)16/h2-9,17H,1H3. The normalized spacial score (nSPS) is 12.2. The van der Waals surface area contributed by atoms with Crippen molar-refractivity contribution >= 4 is 31.9 Å². The van der Waals surface area contributed by atoms with E-state index in [9.17, 15) is 5.11 Å². The van der Waals surface area contributed by atoms with Crippen molar-refractivity contribution in [3.8, 4) is 11.5 Å². The summed E-state index contributed by atoms with van der Waals surface area (Å²) in [6.07, 6.45) is -0.560. The SMILES string of the molecule is CC(O)c1ccccc1Oc1ccc(Br)cc1Br. The number of benzene rings is 2. The van der Waals surface area contributed by atoms with Gasteiger partial charge in [0, 0.05) is 10.0 Å². The Kier molecular flexibility index (Phi) is 4.43. The summed E-state index contributed by atoms with van der Waals surface area (Å²) >= 11 is 6.84. The molecule has 2 aromatic rings. The Hall–Kier alpha value is -0.840. The average molecular weight is 372 g/mol. The predicted octanol–water partition coefficient (Wildman–Crippen LogP) is 5.06. The number of para-hydroxylation sites is 1. The van der Waals surface area contributed by atoms with Crippen molar-refractivity contribution < 1.29 is 9.84 Å². The van der Waals surface area contributed by atoms with Crippen molar-refractivity contribution in [1.82, 2.24) is 0 Å². The second-order valence-electron chi connectivity index (χ2n) is 3.89. The fourth-order valence-corrected chi connectivity index (χ4v) is 2.72. The van der Waals surface area contributed by atoms with E-state index in [1.165, 1.54) is 0 Å². The fraction of sp³-hybridized carbons (Fsp3) is 0.143. The van der Waals surface area contributed by atoms with Crippen LogP contribution in [-0.4, -0.2) is 5.11 Å². The first-order chi connectivity index (χ1) is 8.58. The zero-order chi connectivity index (χ0) is 13.1. The maximum absolute atomic E-state index is 9.70. The molecule has 94 valence electrons. The van der Waals surface area contributed by atoms with Gasteiger partial charge in [-0.15, -0.1) is 0 Å². The maximum Gasteiger partial charge on any atom is 0.141 e. The van der Waals surface area contributed by atoms with Crippen LogP contribution in [0.2, 0.25) is 0 Å². The number of hydrogen-bond acceptors (Lipinski definition) is 2. The minimum atomic E-state index is -0.560. The van der Waals surface area contributed by atoms with E-state index in [4.69, 9.17) is 4.74 Å². The Morgan fingerprint density at radius 3 is 2.44 bits per heavy atom. The highest BCUT2D eigenvalue weighted by atomic mass is 79.9. The Morgan fingerprint density at radius 2 is 1.78 bits per heavy atom. The smallest absolute Gasteiger partial charge is 0.141 e. The van der Waals surface area contributed by atoms with E-state index in [-0.39, 0.29) is 0 Å². The Balaban J connectivity index is 2.34. The summed E-state index contributed by atoms with van der Waals surface area (Å²) in [4.78, 5) is 0. The van der Waals surface area contributed by atoms with Crippen molar-refractivity contribution in [2.24, 2.45) is 0 Å². The van der Waals surface area contributed by atoms with Gasteiger partial charge >= 0.3 is 0 Å². The molecule has 0 heterocycles. The molecule has 0 aliphatic rings. The van der Waals surface area contributed by atoms with Crippen LogP contribution in [0.3, 0.4) is 0 Å². The van der Waals surface area contributed by atoms with Crippen LogP contribution in [0.25, 0.3) is 0 Å². The number of aliphatic hydroxyl groups excluding tert-OH is 1. The summed E-state index contributed by atoms with van der Waals surface area (Å²) in [5, 5.41) is 9.70. The van der Waals surface area contributed by atoms with E-state index in [1.807, 2.05) is 42.5 Å². The molecule has 2 aromatic carbocycles. The third kappa shape index (κ3) is 3.13. The van der Waals surface area contributed by atoms with Gasteiger partial charge in [-0.3, -0.25) is 0 Å². The summed E-state index contributed by atoms with van der Waals surface area (Å²) < 4.78 is 7.66. The van der Waals surface area contributed by atoms with Crippen molar-refractivity contribution in [3.63, 3.8) is 0 Å². The highest BCUT2D eigenvalue weighted by Crippen LogP contribution is 2.34. The molecule has 0 spiro atoms. The summed E-state index contributed by atoms with van der Waals surface area (Å²) in [6, 6.07) is 13.2. The van der Waals surface area contributed by atoms with Gasteiger partial charge in [0.2, 0.25) is 0 Å². The zero-order valence-corrected chi connectivity index (χ0v) is 12.9. The molecule has 2 nitrogen and oxygen atoms in total. The summed E-state index contributed by atoms with van der Waals surface area (Å²) in [7, 11) is 0. The first-order valence-corrected chi connectivity index (χ1v) is 7.06. The first-order valence-electron chi connectivity index (χ1n) is 5.48. The number of aliphatic hydroxyl groups is 1. The van der Waals surface area contributed by atoms with Gasteiger partial charge in [0.25, 0.3) is 0 Å². The molecular formula is C14H12Br2O2. The van der Waals surface area contributed by atoms with Crippen molar-refractivity contribution in [3.05, 3.63) is 57.0 Å². The lowest BCUT2D eigenvalue weighted by Gasteiger charge is -2.14. The monoisotopic (exact) mass is 370 g/mol. The van der Waals surface area contributed by atoms with Crippen LogP contribution >= 0.6 is 31.9 Å². The van der Waals surface area contributed by atoms with Crippen LogP contribution < -0.4 is 4.74 Å². The molecule has 18 heavy (non-hydrogen) atoms. The lowest BCUT2D eigenvalue weighted by atomic mass is 10.1. The largest absolute Gasteiger partial charge is 0.456 e. The van der Waals surface area contributed by atoms with Gasteiger partial charge in [-0.25, -0.2) is 0 Å². The number of ether oxygens (including phenoxy) is 1. The summed E-state index contributed by atoms with van der Waals surface area (Å²) in [6.45, 7) is 1.72. The Labute approximate surface area is 123 Å². The van der Waals surface area contributed by atoms with Gasteiger partial charge in [-0.05, 0) is 47.1 Å². The van der Waals surface area contributed by atoms with E-state index < -0.39 is 6.10 Å². The van der Waals surface area contributed by atoms with Gasteiger partial charge in [-0.2, -0.15) is 0 Å². The van der Waals surface area contributed by atoms with E-state index in [2.05, 4.69) is 31.9 Å². The molecule has 0 aromatic heterocycles. The topological polar surface area (TPSA) is 29.5 Å². The molecule has 0 radical (unpaired) electrons. The van der Waals surface area contributed by atoms with Gasteiger partial charge in [0.15, 0.2) is 0 Å². The molecule has 0 saturated heterocycles. The molecule has 0 saturated carbocycles. The van der Waals surface area contributed by atoms with Crippen LogP contribution in [0, 0.1) is 0 Å². The molecule has 2 rings (SSSR count). The lowest BCUT2D eigenvalue weighted by molar-refractivity contribution is 0.195. The van der Waals surface area contributed by atoms with Crippen LogP contribution in [0.1, 0.15) is 18.6 Å². The van der Waals surface area contributed by atoms with E-state index in [0.717, 1.165) is 14.5 Å². The fourth-order valence-electron chi connectivity index (χ4n) is 1.60. The third-order valence-electron chi connectivity index (χ3n) is 2.48. The molecule has 4 heteroatoms. The molecule has 0 fully saturated rings. The molecule has 0 bridgehead atoms. The lowest BCUT2D eigenvalue weighted by Crippen LogP contribution is -1.96. The Bertz CT molecular complexity index is 553. The van der Waals surface area contributed by atoms with Crippen LogP contribution in [0.15, 0.2) is 51.4 Å². The minimum Gasteiger partial charge on any atom is -0.456 e. The number of hydrogen-bond donors (Lipinski definition) is 1. The van der Waals surface area contributed by atoms with Gasteiger partial charge in [0.05, 0.1) is 10.6 Å². The second-order valence-corrected chi connectivity index (χ2v) is 5.66. The van der Waals surface area contributed by atoms with Crippen LogP contribution in [0.4, 0.5) is 0 Å². The van der Waals surface area contributed by atoms with Crippen molar-refractivity contribution in [1.29, 1.82) is 0 Å². The van der Waals surface area contributed by atoms with Gasteiger partial charge in [0.1, 0.15) is 11.5 Å². The molecular weight excluding hydrogens is 360 g/mol. The number of halogens is 2. The number of rotatable bonds is 3. The predicted molar refractivity (Wildman–Crippen MR) is 79.0 cm³/mol. The van der Waals surface area contributed by atoms with E-state index in [0.29, 0.717) is 11.5 Å². The first kappa shape index (κ1) is 13.6. The highest BCUT2D eigenvalue weighted by Gasteiger charge is 2.10. The molecule has 1 atom stereocenters. The molecule has 1 unspecified atom stereocenters. The second kappa shape index (κ2) is 5.87. The third-order valence-corrected chi connectivity index (χ3v) is 3.60. The van der Waals surface area contributed by atoms with Crippen molar-refractivity contribution in [2.75, 3.05) is 0 Å². The maximum atomic E-state index is 9.70. The van der Waals surface area contributed by atoms with Crippen LogP contribution in [0.5, 0.6) is 11.5 Å². The molecule has 0 amide bonds. The summed E-state index contributed by atoms with van der Waals surface area (Å²) in [5.74, 6) is 1.38. The van der Waals surface area contributed by atoms with E-state index >= 15 is 0 Å². The molecule has 0 aliphatic heterocycles. The summed E-state index contributed by atoms with van der Waals surface area (Å²) in [5.41, 5.74) is 0.771. The molecule has 1 N–H and O–H groups in total. The quantitative estimate of drug-likeness (QED) is 0.817. The van der Waals surface area contributed by atoms with Crippen LogP contribution in [-0.2, 0) is 0 Å². The Morgan fingerprint density at radius 1 is 1.06 bits per heavy atom. The van der Waals surface area contributed by atoms with Crippen molar-refractivity contribution in [2.45, 2.75) is 13.0 Å². The molecule has 0 aliphatic carbocycles. The van der Waals surface area contributed by atoms with Gasteiger partial charge in [-0.1, -0.05) is 34.1 Å². The highest BCUT2D eigenvalue weighted by molar-refractivity contribution is 9.11. The van der Waals surface area contributed by atoms with E-state index in [1.54, 1.807) is 6.92 Å². The average Bonchev–Trinajstić information content (AvgIpc) is 2.33. The zero-order valence-electron chi connectivity index (χ0n) is 9.73. The van der Waals surface area contributed by atoms with Gasteiger partial charge < -0.3 is 9.84 Å². The minimum absolute atomic E-state index is 0.560.